The van der Waals surface area contributed by atoms with Gasteiger partial charge in [-0.15, -0.1) is 0 Å². The lowest BCUT2D eigenvalue weighted by molar-refractivity contribution is 0.0992. The summed E-state index contributed by atoms with van der Waals surface area (Å²) in [5, 5.41) is 26.9. The van der Waals surface area contributed by atoms with Crippen LogP contribution >= 0.6 is 15.8 Å². The van der Waals surface area contributed by atoms with Gasteiger partial charge in [-0.05, 0) is 50.4 Å². The van der Waals surface area contributed by atoms with Crippen LogP contribution in [0.25, 0.3) is 0 Å². The largest absolute Gasteiger partial charge is 0.393 e. The van der Waals surface area contributed by atoms with E-state index in [1.165, 1.54) is 21.2 Å². The van der Waals surface area contributed by atoms with Gasteiger partial charge in [0.2, 0.25) is 0 Å². The Morgan fingerprint density at radius 3 is 1.03 bits per heavy atom. The molecule has 2 atom stereocenters. The SMILES string of the molecule is C[C@@H](O)C[C@@H](O)C(P(c1ccccc1)c1ccccc1)P(c1ccccc1)c1ccccc1. The number of hydrogen-bond acceptors (Lipinski definition) is 2. The van der Waals surface area contributed by atoms with Crippen molar-refractivity contribution in [3.05, 3.63) is 121 Å². The minimum Gasteiger partial charge on any atom is -0.393 e. The first kappa shape index (κ1) is 23.8. The van der Waals surface area contributed by atoms with Crippen LogP contribution < -0.4 is 21.2 Å². The van der Waals surface area contributed by atoms with Crippen molar-refractivity contribution in [2.24, 2.45) is 0 Å². The summed E-state index contributed by atoms with van der Waals surface area (Å²) < 4.78 is 0. The van der Waals surface area contributed by atoms with Crippen molar-refractivity contribution < 1.29 is 10.2 Å². The molecule has 0 spiro atoms. The highest BCUT2D eigenvalue weighted by molar-refractivity contribution is 7.89. The second-order valence-corrected chi connectivity index (χ2v) is 13.2. The van der Waals surface area contributed by atoms with Crippen LogP contribution in [0.15, 0.2) is 121 Å². The molecule has 0 fully saturated rings. The summed E-state index contributed by atoms with van der Waals surface area (Å²) in [6, 6.07) is 42.3. The molecule has 0 aliphatic heterocycles. The molecule has 0 radical (unpaired) electrons. The monoisotopic (exact) mass is 472 g/mol. The van der Waals surface area contributed by atoms with Crippen molar-refractivity contribution in [3.8, 4) is 0 Å². The molecular formula is C29H30O2P2. The van der Waals surface area contributed by atoms with Crippen LogP contribution in [0.1, 0.15) is 13.3 Å². The second-order valence-electron chi connectivity index (χ2n) is 8.15. The highest BCUT2D eigenvalue weighted by Crippen LogP contribution is 2.58. The molecule has 4 aromatic rings. The van der Waals surface area contributed by atoms with E-state index in [0.717, 1.165) is 0 Å². The van der Waals surface area contributed by atoms with E-state index in [-0.39, 0.29) is 5.40 Å². The zero-order valence-corrected chi connectivity index (χ0v) is 20.6. The standard InChI is InChI=1S/C29H30O2P2/c1-23(30)22-28(31)29(32(24-14-6-2-7-15-24)25-16-8-3-9-17-25)33(26-18-10-4-11-19-26)27-20-12-5-13-21-27/h2-21,23,28-31H,22H2,1H3/t23-,28-/m1/s1. The molecule has 4 rings (SSSR count). The lowest BCUT2D eigenvalue weighted by Crippen LogP contribution is -2.37. The van der Waals surface area contributed by atoms with E-state index >= 15 is 0 Å². The summed E-state index contributed by atoms with van der Waals surface area (Å²) in [5.74, 6) is 0. The second kappa shape index (κ2) is 11.7. The summed E-state index contributed by atoms with van der Waals surface area (Å²) in [7, 11) is -1.81. The summed E-state index contributed by atoms with van der Waals surface area (Å²) in [4.78, 5) is 0. The van der Waals surface area contributed by atoms with Gasteiger partial charge in [0.25, 0.3) is 0 Å². The molecule has 0 saturated carbocycles. The van der Waals surface area contributed by atoms with Gasteiger partial charge in [-0.25, -0.2) is 0 Å². The van der Waals surface area contributed by atoms with Crippen molar-refractivity contribution in [1.82, 2.24) is 0 Å². The van der Waals surface area contributed by atoms with E-state index in [2.05, 4.69) is 97.1 Å². The average Bonchev–Trinajstić information content (AvgIpc) is 2.86. The number of aliphatic hydroxyl groups is 2. The Hall–Kier alpha value is -2.34. The first-order chi connectivity index (χ1) is 16.1. The van der Waals surface area contributed by atoms with E-state index in [0.29, 0.717) is 6.42 Å². The molecule has 2 nitrogen and oxygen atoms in total. The van der Waals surface area contributed by atoms with Crippen LogP contribution in [-0.2, 0) is 0 Å². The van der Waals surface area contributed by atoms with Crippen molar-refractivity contribution in [3.63, 3.8) is 0 Å². The van der Waals surface area contributed by atoms with Crippen LogP contribution in [0.3, 0.4) is 0 Å². The third-order valence-electron chi connectivity index (χ3n) is 5.59. The van der Waals surface area contributed by atoms with Crippen LogP contribution in [-0.4, -0.2) is 27.8 Å². The molecule has 0 saturated heterocycles. The van der Waals surface area contributed by atoms with Crippen LogP contribution in [0.5, 0.6) is 0 Å². The lowest BCUT2D eigenvalue weighted by atomic mass is 10.2. The molecule has 0 unspecified atom stereocenters. The molecule has 0 aliphatic carbocycles. The molecular weight excluding hydrogens is 442 g/mol. The minimum atomic E-state index is -0.903. The maximum atomic E-state index is 11.7. The fourth-order valence-corrected chi connectivity index (χ4v) is 11.4. The predicted molar refractivity (Wildman–Crippen MR) is 144 cm³/mol. The van der Waals surface area contributed by atoms with Gasteiger partial charge < -0.3 is 10.2 Å². The Bertz CT molecular complexity index is 928. The molecule has 168 valence electrons. The number of aliphatic hydroxyl groups excluding tert-OH is 2. The smallest absolute Gasteiger partial charge is 0.0683 e. The maximum absolute atomic E-state index is 11.7. The van der Waals surface area contributed by atoms with Gasteiger partial charge in [-0.1, -0.05) is 121 Å². The van der Waals surface area contributed by atoms with Gasteiger partial charge in [-0.2, -0.15) is 0 Å². The van der Waals surface area contributed by atoms with Gasteiger partial charge in [0.05, 0.1) is 12.2 Å². The molecule has 0 amide bonds. The van der Waals surface area contributed by atoms with Gasteiger partial charge >= 0.3 is 0 Å². The van der Waals surface area contributed by atoms with Crippen molar-refractivity contribution in [2.45, 2.75) is 31.0 Å². The topological polar surface area (TPSA) is 40.5 Å². The Labute approximate surface area is 199 Å². The van der Waals surface area contributed by atoms with Gasteiger partial charge in [0.1, 0.15) is 0 Å². The molecule has 2 N–H and O–H groups in total. The molecule has 0 heterocycles. The summed E-state index contributed by atoms with van der Waals surface area (Å²) in [6.45, 7) is 1.76. The van der Waals surface area contributed by atoms with E-state index in [1.54, 1.807) is 6.92 Å². The molecule has 0 aliphatic rings. The first-order valence-corrected chi connectivity index (χ1v) is 14.1. The Morgan fingerprint density at radius 1 is 0.515 bits per heavy atom. The van der Waals surface area contributed by atoms with Crippen molar-refractivity contribution in [2.75, 3.05) is 0 Å². The van der Waals surface area contributed by atoms with E-state index < -0.39 is 28.1 Å². The highest BCUT2D eigenvalue weighted by Gasteiger charge is 2.38. The lowest BCUT2D eigenvalue weighted by Gasteiger charge is -2.39. The Morgan fingerprint density at radius 2 is 0.788 bits per heavy atom. The fraction of sp³-hybridized carbons (Fsp3) is 0.172. The van der Waals surface area contributed by atoms with Crippen molar-refractivity contribution in [1.29, 1.82) is 0 Å². The number of benzene rings is 4. The predicted octanol–water partition coefficient (Wildman–Crippen LogP) is 4.71. The summed E-state index contributed by atoms with van der Waals surface area (Å²) >= 11 is 0. The van der Waals surface area contributed by atoms with Crippen LogP contribution in [0.2, 0.25) is 0 Å². The van der Waals surface area contributed by atoms with Crippen LogP contribution in [0.4, 0.5) is 0 Å². The fourth-order valence-electron chi connectivity index (χ4n) is 4.19. The molecule has 0 aromatic heterocycles. The molecule has 4 aromatic carbocycles. The molecule has 33 heavy (non-hydrogen) atoms. The zero-order valence-electron chi connectivity index (χ0n) is 18.8. The summed E-state index contributed by atoms with van der Waals surface area (Å²) in [5.41, 5.74) is 0. The van der Waals surface area contributed by atoms with Crippen LogP contribution in [0, 0.1) is 0 Å². The Balaban J connectivity index is 1.95. The number of rotatable bonds is 9. The van der Waals surface area contributed by atoms with Crippen molar-refractivity contribution >= 4 is 37.1 Å². The van der Waals surface area contributed by atoms with Gasteiger partial charge in [-0.3, -0.25) is 0 Å². The molecule has 0 bridgehead atoms. The average molecular weight is 473 g/mol. The van der Waals surface area contributed by atoms with E-state index in [4.69, 9.17) is 0 Å². The normalized spacial score (nSPS) is 13.4. The van der Waals surface area contributed by atoms with Gasteiger partial charge in [0.15, 0.2) is 0 Å². The summed E-state index contributed by atoms with van der Waals surface area (Å²) in [6.07, 6.45) is -0.876. The highest BCUT2D eigenvalue weighted by atomic mass is 31.2. The van der Waals surface area contributed by atoms with E-state index in [1.807, 2.05) is 24.3 Å². The Kier molecular flexibility index (Phi) is 8.43. The maximum Gasteiger partial charge on any atom is 0.0683 e. The third-order valence-corrected chi connectivity index (χ3v) is 12.1. The van der Waals surface area contributed by atoms with Gasteiger partial charge in [0, 0.05) is 5.40 Å². The molecule has 4 heteroatoms. The zero-order chi connectivity index (χ0) is 23.0. The number of hydrogen-bond donors (Lipinski definition) is 2. The first-order valence-electron chi connectivity index (χ1n) is 11.3. The van der Waals surface area contributed by atoms with E-state index in [9.17, 15) is 10.2 Å². The quantitative estimate of drug-likeness (QED) is 0.347. The third kappa shape index (κ3) is 5.97. The minimum absolute atomic E-state index is 0.0563.